The number of benzene rings is 1. The quantitative estimate of drug-likeness (QED) is 0.756. The van der Waals surface area contributed by atoms with Crippen molar-refractivity contribution in [2.24, 2.45) is 0 Å². The second-order valence-corrected chi connectivity index (χ2v) is 5.92. The summed E-state index contributed by atoms with van der Waals surface area (Å²) in [7, 11) is 0. The number of anilines is 2. The summed E-state index contributed by atoms with van der Waals surface area (Å²) in [6.07, 6.45) is 4.21. The van der Waals surface area contributed by atoms with Gasteiger partial charge in [-0.15, -0.1) is 0 Å². The van der Waals surface area contributed by atoms with E-state index in [9.17, 15) is 9.18 Å². The zero-order chi connectivity index (χ0) is 18.1. The number of rotatable bonds is 5. The van der Waals surface area contributed by atoms with Gasteiger partial charge in [-0.25, -0.2) is 14.2 Å². The van der Waals surface area contributed by atoms with Crippen LogP contribution >= 0.6 is 0 Å². The monoisotopic (exact) mass is 357 g/mol. The fourth-order valence-electron chi connectivity index (χ4n) is 2.86. The van der Waals surface area contributed by atoms with Crippen molar-refractivity contribution in [1.82, 2.24) is 14.7 Å². The number of nitrogens with zero attached hydrogens (tertiary/aromatic N) is 4. The lowest BCUT2D eigenvalue weighted by Crippen LogP contribution is -2.38. The van der Waals surface area contributed by atoms with Crippen LogP contribution in [0.4, 0.5) is 20.7 Å². The molecule has 1 aliphatic rings. The molecule has 1 saturated heterocycles. The minimum atomic E-state index is -0.512. The van der Waals surface area contributed by atoms with Gasteiger partial charge in [0.25, 0.3) is 0 Å². The number of nitrogens with one attached hydrogen (secondary N) is 1. The number of hydrogen-bond donors (Lipinski definition) is 1. The maximum atomic E-state index is 14.6. The van der Waals surface area contributed by atoms with E-state index in [4.69, 9.17) is 9.26 Å². The van der Waals surface area contributed by atoms with Gasteiger partial charge < -0.3 is 19.1 Å². The van der Waals surface area contributed by atoms with Crippen LogP contribution in [0.25, 0.3) is 5.69 Å². The molecule has 2 aromatic heterocycles. The largest absolute Gasteiger partial charge is 0.447 e. The van der Waals surface area contributed by atoms with Gasteiger partial charge in [-0.05, 0) is 25.1 Å². The Balaban J connectivity index is 1.56. The van der Waals surface area contributed by atoms with E-state index in [1.54, 1.807) is 35.3 Å². The van der Waals surface area contributed by atoms with Crippen LogP contribution in [0.2, 0.25) is 0 Å². The van der Waals surface area contributed by atoms with Crippen molar-refractivity contribution in [3.63, 3.8) is 0 Å². The molecule has 9 heteroatoms. The predicted molar refractivity (Wildman–Crippen MR) is 90.9 cm³/mol. The van der Waals surface area contributed by atoms with Crippen LogP contribution in [-0.2, 0) is 4.74 Å². The van der Waals surface area contributed by atoms with E-state index in [1.807, 2.05) is 6.92 Å². The average molecular weight is 357 g/mol. The van der Waals surface area contributed by atoms with Crippen molar-refractivity contribution in [3.05, 3.63) is 54.6 Å². The van der Waals surface area contributed by atoms with E-state index in [-0.39, 0.29) is 12.6 Å². The fourth-order valence-corrected chi connectivity index (χ4v) is 2.86. The van der Waals surface area contributed by atoms with Crippen molar-refractivity contribution in [1.29, 1.82) is 0 Å². The molecule has 1 atom stereocenters. The minimum absolute atomic E-state index is 0.202. The molecule has 8 nitrogen and oxygen atoms in total. The van der Waals surface area contributed by atoms with Gasteiger partial charge in [-0.1, -0.05) is 5.16 Å². The zero-order valence-corrected chi connectivity index (χ0v) is 13.9. The highest BCUT2D eigenvalue weighted by molar-refractivity contribution is 5.90. The van der Waals surface area contributed by atoms with E-state index < -0.39 is 11.9 Å². The molecule has 26 heavy (non-hydrogen) atoms. The van der Waals surface area contributed by atoms with Crippen LogP contribution in [0, 0.1) is 12.7 Å². The summed E-state index contributed by atoms with van der Waals surface area (Å²) in [5.41, 5.74) is 1.58. The molecule has 0 saturated carbocycles. The third-order valence-corrected chi connectivity index (χ3v) is 4.12. The van der Waals surface area contributed by atoms with Crippen LogP contribution in [0.5, 0.6) is 0 Å². The third-order valence-electron chi connectivity index (χ3n) is 4.12. The highest BCUT2D eigenvalue weighted by Gasteiger charge is 2.34. The molecule has 4 rings (SSSR count). The standard InChI is InChI=1S/C17H16FN5O3/c1-11-8-22(10-20-11)15-3-2-12(6-14(15)18)23-13(9-25-17(23)24)7-19-16-4-5-26-21-16/h2-6,8,10,13H,7,9H2,1H3,(H,19,21)/t13-/m0/s1. The van der Waals surface area contributed by atoms with E-state index >= 15 is 0 Å². The first-order chi connectivity index (χ1) is 12.6. The maximum absolute atomic E-state index is 14.6. The summed E-state index contributed by atoms with van der Waals surface area (Å²) < 4.78 is 26.1. The highest BCUT2D eigenvalue weighted by Crippen LogP contribution is 2.27. The lowest BCUT2D eigenvalue weighted by molar-refractivity contribution is 0.179. The number of cyclic esters (lactones) is 1. The van der Waals surface area contributed by atoms with Crippen LogP contribution in [0.15, 0.2) is 47.6 Å². The van der Waals surface area contributed by atoms with E-state index in [1.165, 1.54) is 17.2 Å². The van der Waals surface area contributed by atoms with Crippen molar-refractivity contribution >= 4 is 17.6 Å². The molecule has 0 unspecified atom stereocenters. The minimum Gasteiger partial charge on any atom is -0.447 e. The Labute approximate surface area is 148 Å². The molecule has 1 amide bonds. The van der Waals surface area contributed by atoms with Crippen molar-refractivity contribution in [2.75, 3.05) is 23.4 Å². The molecule has 1 N–H and O–H groups in total. The van der Waals surface area contributed by atoms with Crippen LogP contribution in [-0.4, -0.2) is 40.0 Å². The molecule has 1 aromatic carbocycles. The van der Waals surface area contributed by atoms with Crippen LogP contribution < -0.4 is 10.2 Å². The highest BCUT2D eigenvalue weighted by atomic mass is 19.1. The van der Waals surface area contributed by atoms with E-state index in [0.29, 0.717) is 23.7 Å². The van der Waals surface area contributed by atoms with Crippen molar-refractivity contribution in [3.8, 4) is 5.69 Å². The molecule has 0 bridgehead atoms. The summed E-state index contributed by atoms with van der Waals surface area (Å²) in [5.74, 6) is 0.101. The topological polar surface area (TPSA) is 85.4 Å². The Bertz CT molecular complexity index is 924. The number of aromatic nitrogens is 3. The number of ether oxygens (including phenoxy) is 1. The van der Waals surface area contributed by atoms with E-state index in [2.05, 4.69) is 15.5 Å². The number of halogens is 1. The normalized spacial score (nSPS) is 16.8. The molecule has 1 aliphatic heterocycles. The molecule has 3 aromatic rings. The van der Waals surface area contributed by atoms with Crippen molar-refractivity contribution in [2.45, 2.75) is 13.0 Å². The zero-order valence-electron chi connectivity index (χ0n) is 13.9. The van der Waals surface area contributed by atoms with Gasteiger partial charge in [0.15, 0.2) is 5.82 Å². The molecule has 134 valence electrons. The molecule has 0 spiro atoms. The average Bonchev–Trinajstić information content (AvgIpc) is 3.34. The number of carbonyl (C=O) groups excluding carboxylic acids is 1. The van der Waals surface area contributed by atoms with E-state index in [0.717, 1.165) is 5.69 Å². The first-order valence-electron chi connectivity index (χ1n) is 8.02. The van der Waals surface area contributed by atoms with Gasteiger partial charge in [-0.3, -0.25) is 4.90 Å². The first kappa shape index (κ1) is 16.1. The van der Waals surface area contributed by atoms with Gasteiger partial charge in [-0.2, -0.15) is 0 Å². The van der Waals surface area contributed by atoms with Gasteiger partial charge in [0.05, 0.1) is 29.4 Å². The summed E-state index contributed by atoms with van der Waals surface area (Å²) in [6.45, 7) is 2.42. The Kier molecular flexibility index (Phi) is 4.04. The molecular formula is C17H16FN5O3. The SMILES string of the molecule is Cc1cn(-c2ccc(N3C(=O)OC[C@@H]3CNc3ccon3)cc2F)cn1. The summed E-state index contributed by atoms with van der Waals surface area (Å²) in [5, 5.41) is 6.81. The Morgan fingerprint density at radius 2 is 2.27 bits per heavy atom. The Morgan fingerprint density at radius 3 is 2.96 bits per heavy atom. The van der Waals surface area contributed by atoms with Gasteiger partial charge in [0.1, 0.15) is 18.7 Å². The lowest BCUT2D eigenvalue weighted by Gasteiger charge is -2.22. The molecule has 3 heterocycles. The van der Waals surface area contributed by atoms with Gasteiger partial charge in [0, 0.05) is 18.8 Å². The second-order valence-electron chi connectivity index (χ2n) is 5.92. The molecule has 0 aliphatic carbocycles. The van der Waals surface area contributed by atoms with Crippen LogP contribution in [0.1, 0.15) is 5.69 Å². The number of imidazole rings is 1. The Morgan fingerprint density at radius 1 is 1.38 bits per heavy atom. The molecule has 0 radical (unpaired) electrons. The number of amides is 1. The van der Waals surface area contributed by atoms with Crippen LogP contribution in [0.3, 0.4) is 0 Å². The smallest absolute Gasteiger partial charge is 0.414 e. The van der Waals surface area contributed by atoms with Gasteiger partial charge >= 0.3 is 6.09 Å². The summed E-state index contributed by atoms with van der Waals surface area (Å²) in [4.78, 5) is 17.6. The first-order valence-corrected chi connectivity index (χ1v) is 8.02. The third kappa shape index (κ3) is 2.99. The number of hydrogen-bond acceptors (Lipinski definition) is 6. The summed E-state index contributed by atoms with van der Waals surface area (Å²) >= 11 is 0. The molecule has 1 fully saturated rings. The lowest BCUT2D eigenvalue weighted by atomic mass is 10.2. The van der Waals surface area contributed by atoms with Gasteiger partial charge in [0.2, 0.25) is 0 Å². The summed E-state index contributed by atoms with van der Waals surface area (Å²) in [6, 6.07) is 5.99. The second kappa shape index (κ2) is 6.51. The number of aryl methyl sites for hydroxylation is 1. The fraction of sp³-hybridized carbons (Fsp3) is 0.235. The maximum Gasteiger partial charge on any atom is 0.414 e. The predicted octanol–water partition coefficient (Wildman–Crippen LogP) is 2.75. The molecular weight excluding hydrogens is 341 g/mol. The number of carbonyl (C=O) groups is 1. The Hall–Kier alpha value is -3.36. The van der Waals surface area contributed by atoms with Crippen molar-refractivity contribution < 1.29 is 18.4 Å².